The van der Waals surface area contributed by atoms with Gasteiger partial charge in [-0.1, -0.05) is 103 Å². The van der Waals surface area contributed by atoms with E-state index in [1.54, 1.807) is 11.3 Å². The molecule has 3 aromatic heterocycles. The maximum Gasteiger partial charge on any atom is 0.160 e. The first-order chi connectivity index (χ1) is 25.6. The number of thiophene rings is 2. The molecule has 0 aliphatic carbocycles. The first kappa shape index (κ1) is 39.1. The van der Waals surface area contributed by atoms with E-state index in [1.165, 1.54) is 88.7 Å². The van der Waals surface area contributed by atoms with Crippen LogP contribution in [0.2, 0.25) is 0 Å². The quantitative estimate of drug-likeness (QED) is 0.0274. The Morgan fingerprint density at radius 1 is 0.750 bits per heavy atom. The Labute approximate surface area is 319 Å². The topological polar surface area (TPSA) is 43.7 Å². The molecule has 5 aromatic rings. The molecule has 0 amide bonds. The lowest BCUT2D eigenvalue weighted by Gasteiger charge is -2.26. The van der Waals surface area contributed by atoms with Gasteiger partial charge < -0.3 is 18.9 Å². The molecule has 0 aliphatic rings. The monoisotopic (exact) mass is 736 g/mol. The van der Waals surface area contributed by atoms with Crippen LogP contribution in [0, 0.1) is 0 Å². The maximum atomic E-state index is 11.7. The third kappa shape index (κ3) is 10.3. The Morgan fingerprint density at radius 2 is 1.37 bits per heavy atom. The number of carbonyl (C=O) groups excluding carboxylic acids is 1. The molecule has 0 fully saturated rings. The van der Waals surface area contributed by atoms with Gasteiger partial charge in [0.15, 0.2) is 6.29 Å². The molecule has 0 atom stereocenters. The van der Waals surface area contributed by atoms with Crippen molar-refractivity contribution in [3.63, 3.8) is 0 Å². The van der Waals surface area contributed by atoms with E-state index in [-0.39, 0.29) is 0 Å². The average molecular weight is 737 g/mol. The van der Waals surface area contributed by atoms with Crippen molar-refractivity contribution in [2.45, 2.75) is 104 Å². The van der Waals surface area contributed by atoms with Gasteiger partial charge in [0, 0.05) is 28.5 Å². The highest BCUT2D eigenvalue weighted by Crippen LogP contribution is 2.44. The van der Waals surface area contributed by atoms with Crippen molar-refractivity contribution in [2.24, 2.45) is 0 Å². The molecule has 0 bridgehead atoms. The number of hydrogen-bond acceptors (Lipinski definition) is 6. The number of benzene rings is 2. The van der Waals surface area contributed by atoms with Gasteiger partial charge >= 0.3 is 0 Å². The molecule has 276 valence electrons. The highest BCUT2D eigenvalue weighted by atomic mass is 32.1. The molecule has 0 saturated carbocycles. The molecule has 0 saturated heterocycles. The molecule has 2 aromatic carbocycles. The van der Waals surface area contributed by atoms with E-state index in [2.05, 4.69) is 97.5 Å². The van der Waals surface area contributed by atoms with Gasteiger partial charge in [0.05, 0.1) is 44.8 Å². The first-order valence-corrected chi connectivity index (χ1v) is 21.0. The third-order valence-corrected chi connectivity index (χ3v) is 11.7. The number of aldehydes is 1. The number of allylic oxidation sites excluding steroid dienone is 3. The van der Waals surface area contributed by atoms with Crippen LogP contribution < -0.4 is 9.64 Å². The van der Waals surface area contributed by atoms with Crippen molar-refractivity contribution in [1.82, 2.24) is 4.57 Å². The Balaban J connectivity index is 1.43. The predicted molar refractivity (Wildman–Crippen MR) is 226 cm³/mol. The number of rotatable bonds is 24. The molecule has 5 rings (SSSR count). The highest BCUT2D eigenvalue weighted by Gasteiger charge is 2.19. The molecule has 52 heavy (non-hydrogen) atoms. The van der Waals surface area contributed by atoms with Crippen LogP contribution in [0.5, 0.6) is 5.75 Å². The Hall–Kier alpha value is -4.07. The summed E-state index contributed by atoms with van der Waals surface area (Å²) in [6.07, 6.45) is 22.9. The van der Waals surface area contributed by atoms with Crippen LogP contribution in [0.1, 0.15) is 107 Å². The van der Waals surface area contributed by atoms with Gasteiger partial charge in [-0.2, -0.15) is 0 Å². The van der Waals surface area contributed by atoms with E-state index >= 15 is 0 Å². The van der Waals surface area contributed by atoms with E-state index in [9.17, 15) is 4.79 Å². The van der Waals surface area contributed by atoms with Crippen LogP contribution in [0.15, 0.2) is 97.4 Å². The van der Waals surface area contributed by atoms with Crippen LogP contribution >= 0.6 is 22.7 Å². The number of carbonyl (C=O) groups is 1. The summed E-state index contributed by atoms with van der Waals surface area (Å²) < 4.78 is 16.9. The number of aryl methyl sites for hydroxylation is 1. The predicted octanol–water partition coefficient (Wildman–Crippen LogP) is 14.3. The lowest BCUT2D eigenvalue weighted by atomic mass is 10.1. The number of fused-ring (bicyclic) bond motifs is 3. The van der Waals surface area contributed by atoms with Crippen LogP contribution in [0.25, 0.3) is 30.9 Å². The second-order valence-corrected chi connectivity index (χ2v) is 15.5. The number of ether oxygens (including phenoxy) is 2. The van der Waals surface area contributed by atoms with Crippen molar-refractivity contribution in [3.8, 4) is 16.2 Å². The van der Waals surface area contributed by atoms with Crippen molar-refractivity contribution >= 4 is 60.8 Å². The molecule has 0 aliphatic heterocycles. The molecule has 7 heteroatoms. The number of unbranched alkanes of at least 4 members (excludes halogenated alkanes) is 9. The number of aromatic nitrogens is 1. The smallest absolute Gasteiger partial charge is 0.160 e. The van der Waals surface area contributed by atoms with Crippen molar-refractivity contribution in [2.75, 3.05) is 18.1 Å². The number of anilines is 2. The van der Waals surface area contributed by atoms with Gasteiger partial charge in [-0.15, -0.1) is 22.7 Å². The second-order valence-electron chi connectivity index (χ2n) is 13.4. The van der Waals surface area contributed by atoms with Crippen LogP contribution in [0.4, 0.5) is 11.4 Å². The second kappa shape index (κ2) is 20.8. The summed E-state index contributed by atoms with van der Waals surface area (Å²) in [5.74, 6) is 0.884. The Morgan fingerprint density at radius 3 is 2.02 bits per heavy atom. The zero-order valence-corrected chi connectivity index (χ0v) is 33.0. The van der Waals surface area contributed by atoms with Crippen LogP contribution in [-0.4, -0.2) is 24.1 Å². The van der Waals surface area contributed by atoms with Gasteiger partial charge in [0.2, 0.25) is 0 Å². The molecule has 0 radical (unpaired) electrons. The molecular formula is C45H56N2O3S2. The largest absolute Gasteiger partial charge is 0.501 e. The van der Waals surface area contributed by atoms with E-state index in [4.69, 9.17) is 9.47 Å². The summed E-state index contributed by atoms with van der Waals surface area (Å²) in [7, 11) is 0. The molecular weight excluding hydrogens is 681 g/mol. The molecule has 0 spiro atoms. The van der Waals surface area contributed by atoms with Crippen molar-refractivity contribution in [3.05, 3.63) is 102 Å². The van der Waals surface area contributed by atoms with Gasteiger partial charge in [0.25, 0.3) is 0 Å². The fraction of sp³-hybridized carbons (Fsp3) is 0.400. The normalized spacial score (nSPS) is 11.9. The standard InChI is InChI=1S/C45H56N2O3S2/c1-5-9-12-15-28-46-41-32-40(34-48)51-44(41)45-42(46)33-43(52-45)35-19-21-37(22-20-35)47(36(18-8-4)27-31-49-29-16-13-10-6-2)38-23-25-39(26-24-38)50-30-17-14-11-7-3/h8,18-27,31-34H,4-7,9-17,28-30H2,1-3H3/b31-27-,36-18+. The van der Waals surface area contributed by atoms with E-state index in [0.717, 1.165) is 66.4 Å². The zero-order valence-electron chi connectivity index (χ0n) is 31.4. The summed E-state index contributed by atoms with van der Waals surface area (Å²) in [6.45, 7) is 13.1. The lowest BCUT2D eigenvalue weighted by Crippen LogP contribution is -2.15. The Kier molecular flexibility index (Phi) is 15.7. The van der Waals surface area contributed by atoms with E-state index in [1.807, 2.05) is 35.8 Å². The zero-order chi connectivity index (χ0) is 36.5. The highest BCUT2D eigenvalue weighted by molar-refractivity contribution is 7.29. The molecule has 0 N–H and O–H groups in total. The van der Waals surface area contributed by atoms with E-state index < -0.39 is 0 Å². The minimum absolute atomic E-state index is 0.710. The van der Waals surface area contributed by atoms with Gasteiger partial charge in [-0.05, 0) is 85.5 Å². The summed E-state index contributed by atoms with van der Waals surface area (Å²) in [5.41, 5.74) is 6.65. The van der Waals surface area contributed by atoms with Crippen molar-refractivity contribution < 1.29 is 14.3 Å². The summed E-state index contributed by atoms with van der Waals surface area (Å²) in [4.78, 5) is 16.0. The van der Waals surface area contributed by atoms with Gasteiger partial charge in [-0.3, -0.25) is 4.79 Å². The third-order valence-electron chi connectivity index (χ3n) is 9.35. The number of nitrogens with zero attached hydrogens (tertiary/aromatic N) is 2. The number of hydrogen-bond donors (Lipinski definition) is 0. The minimum Gasteiger partial charge on any atom is -0.501 e. The average Bonchev–Trinajstić information content (AvgIpc) is 3.86. The SMILES string of the molecule is C=C/C=C(\C=C/OCCCCCC)N(c1ccc(OCCCCCC)cc1)c1ccc(-c2cc3c(s2)c2sc(C=O)cc2n3CCCCCC)cc1. The molecule has 3 heterocycles. The van der Waals surface area contributed by atoms with Crippen LogP contribution in [-0.2, 0) is 11.3 Å². The van der Waals surface area contributed by atoms with Crippen molar-refractivity contribution in [1.29, 1.82) is 0 Å². The Bertz CT molecular complexity index is 1890. The van der Waals surface area contributed by atoms with Crippen LogP contribution in [0.3, 0.4) is 0 Å². The fourth-order valence-electron chi connectivity index (χ4n) is 6.53. The van der Waals surface area contributed by atoms with Gasteiger partial charge in [0.1, 0.15) is 5.75 Å². The van der Waals surface area contributed by atoms with E-state index in [0.29, 0.717) is 6.61 Å². The summed E-state index contributed by atoms with van der Waals surface area (Å²) in [5, 5.41) is 0. The van der Waals surface area contributed by atoms with Gasteiger partial charge in [-0.25, -0.2) is 0 Å². The minimum atomic E-state index is 0.710. The first-order valence-electron chi connectivity index (χ1n) is 19.4. The summed E-state index contributed by atoms with van der Waals surface area (Å²) >= 11 is 3.43. The maximum absolute atomic E-state index is 11.7. The summed E-state index contributed by atoms with van der Waals surface area (Å²) in [6, 6.07) is 21.6. The lowest BCUT2D eigenvalue weighted by molar-refractivity contribution is 0.112. The molecule has 0 unspecified atom stereocenters. The fourth-order valence-corrected chi connectivity index (χ4v) is 8.82. The molecule has 5 nitrogen and oxygen atoms in total.